The molecule has 0 bridgehead atoms. The van der Waals surface area contributed by atoms with Crippen LogP contribution in [-0.4, -0.2) is 49.6 Å². The van der Waals surface area contributed by atoms with E-state index < -0.39 is 0 Å². The molecule has 0 spiro atoms. The van der Waals surface area contributed by atoms with Crippen molar-refractivity contribution < 1.29 is 14.3 Å². The molecule has 2 fully saturated rings. The Bertz CT molecular complexity index is 877. The van der Waals surface area contributed by atoms with E-state index in [2.05, 4.69) is 16.3 Å². The van der Waals surface area contributed by atoms with Crippen molar-refractivity contribution in [2.75, 3.05) is 37.7 Å². The van der Waals surface area contributed by atoms with Gasteiger partial charge >= 0.3 is 0 Å². The van der Waals surface area contributed by atoms with Gasteiger partial charge in [0.25, 0.3) is 5.91 Å². The molecule has 0 aromatic heterocycles. The highest BCUT2D eigenvalue weighted by atomic mass is 16.5. The van der Waals surface area contributed by atoms with E-state index in [1.54, 1.807) is 0 Å². The number of carbonyl (C=O) groups excluding carboxylic acids is 2. The maximum absolute atomic E-state index is 12.9. The fraction of sp³-hybridized carbons (Fsp3) is 0.391. The van der Waals surface area contributed by atoms with Crippen molar-refractivity contribution in [2.24, 2.45) is 0 Å². The van der Waals surface area contributed by atoms with Crippen LogP contribution in [0.2, 0.25) is 0 Å². The van der Waals surface area contributed by atoms with E-state index in [0.29, 0.717) is 38.3 Å². The summed E-state index contributed by atoms with van der Waals surface area (Å²) in [5.41, 5.74) is 3.77. The Morgan fingerprint density at radius 2 is 1.79 bits per heavy atom. The fourth-order valence-electron chi connectivity index (χ4n) is 3.95. The molecule has 6 heteroatoms. The Hall–Kier alpha value is -2.86. The molecule has 0 unspecified atom stereocenters. The molecular formula is C23H27N3O3. The maximum Gasteiger partial charge on any atom is 0.253 e. The topological polar surface area (TPSA) is 61.9 Å². The first-order valence-corrected chi connectivity index (χ1v) is 10.3. The molecule has 2 heterocycles. The van der Waals surface area contributed by atoms with Gasteiger partial charge in [0.15, 0.2) is 0 Å². The Labute approximate surface area is 171 Å². The Balaban J connectivity index is 1.40. The predicted octanol–water partition coefficient (Wildman–Crippen LogP) is 2.58. The lowest BCUT2D eigenvalue weighted by molar-refractivity contribution is -0.128. The van der Waals surface area contributed by atoms with Gasteiger partial charge in [0, 0.05) is 44.8 Å². The molecule has 0 aliphatic carbocycles. The predicted molar refractivity (Wildman–Crippen MR) is 112 cm³/mol. The standard InChI is InChI=1S/C23H27N3O3/c27-22-9-4-10-26(22)17-19-6-3-5-18(15-19)16-24-23(28)20-7-1-2-8-21(20)25-11-13-29-14-12-25/h1-3,5-8,15H,4,9-14,16-17H2,(H,24,28). The van der Waals surface area contributed by atoms with Gasteiger partial charge in [0.1, 0.15) is 0 Å². The van der Waals surface area contributed by atoms with E-state index in [0.717, 1.165) is 42.9 Å². The molecule has 152 valence electrons. The molecule has 2 aliphatic rings. The Morgan fingerprint density at radius 3 is 2.59 bits per heavy atom. The zero-order valence-electron chi connectivity index (χ0n) is 16.6. The van der Waals surface area contributed by atoms with Crippen LogP contribution in [0.5, 0.6) is 0 Å². The lowest BCUT2D eigenvalue weighted by Crippen LogP contribution is -2.37. The van der Waals surface area contributed by atoms with Crippen molar-refractivity contribution in [1.82, 2.24) is 10.2 Å². The smallest absolute Gasteiger partial charge is 0.253 e. The molecule has 0 radical (unpaired) electrons. The van der Waals surface area contributed by atoms with Crippen molar-refractivity contribution in [3.63, 3.8) is 0 Å². The molecule has 0 saturated carbocycles. The zero-order chi connectivity index (χ0) is 20.1. The molecule has 2 aromatic carbocycles. The van der Waals surface area contributed by atoms with Crippen LogP contribution in [0, 0.1) is 0 Å². The van der Waals surface area contributed by atoms with E-state index >= 15 is 0 Å². The summed E-state index contributed by atoms with van der Waals surface area (Å²) in [5.74, 6) is 0.149. The third-order valence-corrected chi connectivity index (χ3v) is 5.49. The van der Waals surface area contributed by atoms with Gasteiger partial charge in [-0.25, -0.2) is 0 Å². The van der Waals surface area contributed by atoms with Crippen molar-refractivity contribution in [3.05, 3.63) is 65.2 Å². The molecule has 2 saturated heterocycles. The van der Waals surface area contributed by atoms with Gasteiger partial charge in [-0.15, -0.1) is 0 Å². The highest BCUT2D eigenvalue weighted by Gasteiger charge is 2.20. The van der Waals surface area contributed by atoms with Gasteiger partial charge < -0.3 is 19.9 Å². The van der Waals surface area contributed by atoms with Gasteiger partial charge in [-0.1, -0.05) is 36.4 Å². The van der Waals surface area contributed by atoms with Crippen LogP contribution in [0.1, 0.15) is 34.3 Å². The monoisotopic (exact) mass is 393 g/mol. The van der Waals surface area contributed by atoms with Crippen molar-refractivity contribution in [2.45, 2.75) is 25.9 Å². The molecule has 6 nitrogen and oxygen atoms in total. The minimum absolute atomic E-state index is 0.0767. The summed E-state index contributed by atoms with van der Waals surface area (Å²) in [6.45, 7) is 4.88. The van der Waals surface area contributed by atoms with Crippen LogP contribution < -0.4 is 10.2 Å². The minimum Gasteiger partial charge on any atom is -0.378 e. The summed E-state index contributed by atoms with van der Waals surface area (Å²) in [6, 6.07) is 15.8. The maximum atomic E-state index is 12.9. The number of rotatable bonds is 6. The zero-order valence-corrected chi connectivity index (χ0v) is 16.6. The lowest BCUT2D eigenvalue weighted by atomic mass is 10.1. The number of ether oxygens (including phenoxy) is 1. The average Bonchev–Trinajstić information content (AvgIpc) is 3.17. The number of para-hydroxylation sites is 1. The van der Waals surface area contributed by atoms with Crippen LogP contribution in [0.15, 0.2) is 48.5 Å². The second-order valence-corrected chi connectivity index (χ2v) is 7.54. The summed E-state index contributed by atoms with van der Waals surface area (Å²) in [7, 11) is 0. The van der Waals surface area contributed by atoms with Crippen molar-refractivity contribution in [1.29, 1.82) is 0 Å². The number of anilines is 1. The summed E-state index contributed by atoms with van der Waals surface area (Å²) in [4.78, 5) is 28.8. The number of morpholine rings is 1. The number of benzene rings is 2. The first-order valence-electron chi connectivity index (χ1n) is 10.3. The SMILES string of the molecule is O=C(NCc1cccc(CN2CCCC2=O)c1)c1ccccc1N1CCOCC1. The number of nitrogens with zero attached hydrogens (tertiary/aromatic N) is 2. The van der Waals surface area contributed by atoms with E-state index in [1.165, 1.54) is 0 Å². The molecule has 0 atom stereocenters. The number of hydrogen-bond acceptors (Lipinski definition) is 4. The van der Waals surface area contributed by atoms with Gasteiger partial charge in [-0.05, 0) is 29.7 Å². The third kappa shape index (κ3) is 4.77. The number of nitrogens with one attached hydrogen (secondary N) is 1. The van der Waals surface area contributed by atoms with Crippen LogP contribution in [0.3, 0.4) is 0 Å². The second-order valence-electron chi connectivity index (χ2n) is 7.54. The fourth-order valence-corrected chi connectivity index (χ4v) is 3.95. The van der Waals surface area contributed by atoms with Crippen LogP contribution in [0.25, 0.3) is 0 Å². The van der Waals surface area contributed by atoms with Gasteiger partial charge in [0.2, 0.25) is 5.91 Å². The van der Waals surface area contributed by atoms with Crippen molar-refractivity contribution >= 4 is 17.5 Å². The molecule has 29 heavy (non-hydrogen) atoms. The highest BCUT2D eigenvalue weighted by Crippen LogP contribution is 2.22. The molecule has 2 aromatic rings. The minimum atomic E-state index is -0.0767. The number of hydrogen-bond donors (Lipinski definition) is 1. The number of carbonyl (C=O) groups is 2. The van der Waals surface area contributed by atoms with Crippen LogP contribution in [-0.2, 0) is 22.6 Å². The van der Waals surface area contributed by atoms with Gasteiger partial charge in [-0.3, -0.25) is 9.59 Å². The molecule has 2 aliphatic heterocycles. The summed E-state index contributed by atoms with van der Waals surface area (Å²) in [6.07, 6.45) is 1.59. The normalized spacial score (nSPS) is 16.9. The summed E-state index contributed by atoms with van der Waals surface area (Å²) < 4.78 is 5.43. The molecule has 1 N–H and O–H groups in total. The Morgan fingerprint density at radius 1 is 1.00 bits per heavy atom. The Kier molecular flexibility index (Phi) is 6.10. The summed E-state index contributed by atoms with van der Waals surface area (Å²) in [5, 5.41) is 3.05. The quantitative estimate of drug-likeness (QED) is 0.820. The third-order valence-electron chi connectivity index (χ3n) is 5.49. The number of likely N-dealkylation sites (tertiary alicyclic amines) is 1. The van der Waals surface area contributed by atoms with Crippen LogP contribution >= 0.6 is 0 Å². The number of amides is 2. The van der Waals surface area contributed by atoms with Gasteiger partial charge in [-0.2, -0.15) is 0 Å². The van der Waals surface area contributed by atoms with E-state index in [1.807, 2.05) is 47.4 Å². The first-order chi connectivity index (χ1) is 14.2. The molecular weight excluding hydrogens is 366 g/mol. The highest BCUT2D eigenvalue weighted by molar-refractivity contribution is 5.99. The average molecular weight is 393 g/mol. The molecule has 2 amide bonds. The first kappa shape index (κ1) is 19.5. The van der Waals surface area contributed by atoms with Crippen molar-refractivity contribution in [3.8, 4) is 0 Å². The summed E-state index contributed by atoms with van der Waals surface area (Å²) >= 11 is 0. The largest absolute Gasteiger partial charge is 0.378 e. The lowest BCUT2D eigenvalue weighted by Gasteiger charge is -2.30. The van der Waals surface area contributed by atoms with Crippen LogP contribution in [0.4, 0.5) is 5.69 Å². The second kappa shape index (κ2) is 9.09. The van der Waals surface area contributed by atoms with E-state index in [-0.39, 0.29) is 11.8 Å². The van der Waals surface area contributed by atoms with E-state index in [9.17, 15) is 9.59 Å². The molecule has 4 rings (SSSR count). The van der Waals surface area contributed by atoms with E-state index in [4.69, 9.17) is 4.74 Å². The van der Waals surface area contributed by atoms with Gasteiger partial charge in [0.05, 0.1) is 18.8 Å².